The quantitative estimate of drug-likeness (QED) is 0.845. The monoisotopic (exact) mass is 392 g/mol. The molecule has 3 aliphatic rings. The second kappa shape index (κ2) is 6.80. The van der Waals surface area contributed by atoms with Crippen LogP contribution in [-0.2, 0) is 19.1 Å². The molecule has 3 fully saturated rings. The van der Waals surface area contributed by atoms with Crippen LogP contribution in [0.25, 0.3) is 0 Å². The van der Waals surface area contributed by atoms with Crippen LogP contribution in [0.15, 0.2) is 24.3 Å². The Kier molecular flexibility index (Phi) is 4.60. The fourth-order valence-corrected chi connectivity index (χ4v) is 4.60. The Morgan fingerprint density at radius 2 is 1.96 bits per heavy atom. The third-order valence-electron chi connectivity index (χ3n) is 6.06. The Labute approximate surface area is 161 Å². The maximum absolute atomic E-state index is 13.0. The zero-order valence-electron chi connectivity index (χ0n) is 14.8. The van der Waals surface area contributed by atoms with Crippen molar-refractivity contribution in [3.8, 4) is 0 Å². The molecule has 0 saturated carbocycles. The Balaban J connectivity index is 1.48. The zero-order valence-corrected chi connectivity index (χ0v) is 15.5. The molecular weight excluding hydrogens is 372 g/mol. The molecule has 1 N–H and O–H groups in total. The van der Waals surface area contributed by atoms with Crippen molar-refractivity contribution >= 4 is 35.1 Å². The number of nitrogens with zero attached hydrogens (tertiary/aromatic N) is 2. The molecular formula is C19H21ClN2O5. The minimum absolute atomic E-state index is 0.108. The molecule has 4 rings (SSSR count). The predicted molar refractivity (Wildman–Crippen MR) is 97.5 cm³/mol. The van der Waals surface area contributed by atoms with E-state index in [1.54, 1.807) is 34.1 Å². The molecule has 3 aliphatic heterocycles. The van der Waals surface area contributed by atoms with E-state index in [4.69, 9.17) is 16.3 Å². The van der Waals surface area contributed by atoms with Gasteiger partial charge in [-0.15, -0.1) is 0 Å². The lowest BCUT2D eigenvalue weighted by Gasteiger charge is -2.33. The molecule has 8 heteroatoms. The Hall–Kier alpha value is -2.12. The van der Waals surface area contributed by atoms with Crippen LogP contribution in [0.4, 0.5) is 5.69 Å². The number of carbonyl (C=O) groups excluding carboxylic acids is 2. The fraction of sp³-hybridized carbons (Fsp3) is 0.526. The van der Waals surface area contributed by atoms with E-state index in [0.717, 1.165) is 0 Å². The van der Waals surface area contributed by atoms with Gasteiger partial charge in [-0.05, 0) is 30.7 Å². The first-order valence-electron chi connectivity index (χ1n) is 9.06. The molecule has 3 saturated heterocycles. The first-order valence-corrected chi connectivity index (χ1v) is 9.44. The number of carboxylic acid groups (broad SMARTS) is 1. The molecule has 0 aromatic heterocycles. The third-order valence-corrected chi connectivity index (χ3v) is 6.31. The van der Waals surface area contributed by atoms with Gasteiger partial charge < -0.3 is 19.6 Å². The van der Waals surface area contributed by atoms with Crippen LogP contribution >= 0.6 is 11.6 Å². The number of rotatable bonds is 3. The maximum atomic E-state index is 13.0. The molecule has 27 heavy (non-hydrogen) atoms. The standard InChI is InChI=1S/C19H21ClN2O5/c20-14-1-3-15(4-2-14)22-8-12(7-16(22)23)17(24)21-9-13-10-27-6-5-19(13,11-21)18(25)26/h1-4,12-13H,5-11H2,(H,25,26)/t12?,13-,19+/m0/s1. The number of hydrogen-bond donors (Lipinski definition) is 1. The highest BCUT2D eigenvalue weighted by molar-refractivity contribution is 6.30. The molecule has 0 spiro atoms. The minimum atomic E-state index is -0.924. The van der Waals surface area contributed by atoms with Gasteiger partial charge in [-0.3, -0.25) is 14.4 Å². The molecule has 3 heterocycles. The number of amides is 2. The SMILES string of the molecule is O=C(C1CC(=O)N(c2ccc(Cl)cc2)C1)N1C[C@H]2COCC[C@@]2(C(=O)O)C1. The van der Waals surface area contributed by atoms with E-state index in [1.807, 2.05) is 0 Å². The number of aliphatic carboxylic acids is 1. The van der Waals surface area contributed by atoms with E-state index in [-0.39, 0.29) is 30.7 Å². The smallest absolute Gasteiger partial charge is 0.311 e. The number of carbonyl (C=O) groups is 3. The number of likely N-dealkylation sites (tertiary alicyclic amines) is 1. The normalized spacial score (nSPS) is 30.5. The number of anilines is 1. The minimum Gasteiger partial charge on any atom is -0.481 e. The molecule has 7 nitrogen and oxygen atoms in total. The van der Waals surface area contributed by atoms with Gasteiger partial charge in [0.05, 0.1) is 17.9 Å². The van der Waals surface area contributed by atoms with Crippen LogP contribution in [0.3, 0.4) is 0 Å². The first-order chi connectivity index (χ1) is 12.9. The van der Waals surface area contributed by atoms with E-state index < -0.39 is 17.3 Å². The molecule has 3 atom stereocenters. The molecule has 2 amide bonds. The number of ether oxygens (including phenoxy) is 1. The summed E-state index contributed by atoms with van der Waals surface area (Å²) in [5.41, 5.74) is -0.211. The van der Waals surface area contributed by atoms with Crippen LogP contribution in [0, 0.1) is 17.3 Å². The number of hydrogen-bond acceptors (Lipinski definition) is 4. The van der Waals surface area contributed by atoms with Gasteiger partial charge in [-0.25, -0.2) is 0 Å². The first kappa shape index (κ1) is 18.3. The van der Waals surface area contributed by atoms with Crippen LogP contribution < -0.4 is 4.90 Å². The van der Waals surface area contributed by atoms with E-state index in [1.165, 1.54) is 0 Å². The van der Waals surface area contributed by atoms with E-state index in [0.29, 0.717) is 43.4 Å². The third kappa shape index (κ3) is 3.08. The van der Waals surface area contributed by atoms with Crippen molar-refractivity contribution in [1.29, 1.82) is 0 Å². The fourth-order valence-electron chi connectivity index (χ4n) is 4.47. The van der Waals surface area contributed by atoms with Crippen LogP contribution in [0.5, 0.6) is 0 Å². The van der Waals surface area contributed by atoms with Crippen LogP contribution in [0.1, 0.15) is 12.8 Å². The largest absolute Gasteiger partial charge is 0.481 e. The van der Waals surface area contributed by atoms with Gasteiger partial charge in [0.2, 0.25) is 11.8 Å². The van der Waals surface area contributed by atoms with Crippen molar-refractivity contribution in [1.82, 2.24) is 4.90 Å². The van der Waals surface area contributed by atoms with Gasteiger partial charge in [-0.2, -0.15) is 0 Å². The number of halogens is 1. The predicted octanol–water partition coefficient (Wildman–Crippen LogP) is 1.64. The molecule has 144 valence electrons. The second-order valence-corrected chi connectivity index (χ2v) is 8.02. The van der Waals surface area contributed by atoms with Crippen molar-refractivity contribution in [2.75, 3.05) is 37.7 Å². The van der Waals surface area contributed by atoms with Gasteiger partial charge in [0.15, 0.2) is 0 Å². The molecule has 1 aromatic rings. The highest BCUT2D eigenvalue weighted by Crippen LogP contribution is 2.43. The molecule has 0 radical (unpaired) electrons. The Bertz CT molecular complexity index is 783. The van der Waals surface area contributed by atoms with Gasteiger partial charge in [-0.1, -0.05) is 11.6 Å². The van der Waals surface area contributed by atoms with E-state index in [9.17, 15) is 19.5 Å². The van der Waals surface area contributed by atoms with Gasteiger partial charge >= 0.3 is 5.97 Å². The van der Waals surface area contributed by atoms with Gasteiger partial charge in [0.1, 0.15) is 0 Å². The van der Waals surface area contributed by atoms with Crippen molar-refractivity contribution in [2.45, 2.75) is 12.8 Å². The van der Waals surface area contributed by atoms with Crippen LogP contribution in [0.2, 0.25) is 5.02 Å². The van der Waals surface area contributed by atoms with Gasteiger partial charge in [0, 0.05) is 49.3 Å². The Morgan fingerprint density at radius 3 is 2.63 bits per heavy atom. The number of carboxylic acids is 1. The topological polar surface area (TPSA) is 87.2 Å². The summed E-state index contributed by atoms with van der Waals surface area (Å²) in [7, 11) is 0. The summed E-state index contributed by atoms with van der Waals surface area (Å²) in [6.07, 6.45) is 0.552. The highest BCUT2D eigenvalue weighted by Gasteiger charge is 2.55. The van der Waals surface area contributed by atoms with Crippen molar-refractivity contribution in [3.63, 3.8) is 0 Å². The Morgan fingerprint density at radius 1 is 1.22 bits per heavy atom. The molecule has 1 unspecified atom stereocenters. The molecule has 0 aliphatic carbocycles. The molecule has 0 bridgehead atoms. The average Bonchev–Trinajstić information content (AvgIpc) is 3.23. The summed E-state index contributed by atoms with van der Waals surface area (Å²) in [6, 6.07) is 6.94. The van der Waals surface area contributed by atoms with Crippen molar-refractivity contribution in [2.24, 2.45) is 17.3 Å². The summed E-state index contributed by atoms with van der Waals surface area (Å²) < 4.78 is 5.44. The summed E-state index contributed by atoms with van der Waals surface area (Å²) in [6.45, 7) is 1.63. The van der Waals surface area contributed by atoms with Gasteiger partial charge in [0.25, 0.3) is 0 Å². The lowest BCUT2D eigenvalue weighted by molar-refractivity contribution is -0.157. The van der Waals surface area contributed by atoms with Crippen LogP contribution in [-0.4, -0.2) is 60.6 Å². The summed E-state index contributed by atoms with van der Waals surface area (Å²) >= 11 is 5.90. The number of benzene rings is 1. The average molecular weight is 393 g/mol. The summed E-state index contributed by atoms with van der Waals surface area (Å²) in [4.78, 5) is 40.6. The highest BCUT2D eigenvalue weighted by atomic mass is 35.5. The van der Waals surface area contributed by atoms with E-state index in [2.05, 4.69) is 0 Å². The van der Waals surface area contributed by atoms with Crippen molar-refractivity contribution < 1.29 is 24.2 Å². The summed E-state index contributed by atoms with van der Waals surface area (Å²) in [5, 5.41) is 10.3. The maximum Gasteiger partial charge on any atom is 0.311 e. The summed E-state index contributed by atoms with van der Waals surface area (Å²) in [5.74, 6) is -1.77. The van der Waals surface area contributed by atoms with Crippen molar-refractivity contribution in [3.05, 3.63) is 29.3 Å². The second-order valence-electron chi connectivity index (χ2n) is 7.58. The lowest BCUT2D eigenvalue weighted by Crippen LogP contribution is -2.45. The lowest BCUT2D eigenvalue weighted by atomic mass is 9.74. The zero-order chi connectivity index (χ0) is 19.2. The number of fused-ring (bicyclic) bond motifs is 1. The van der Waals surface area contributed by atoms with E-state index >= 15 is 0 Å². The molecule has 1 aromatic carbocycles.